The Balaban J connectivity index is 1.37. The minimum absolute atomic E-state index is 0.276. The van der Waals surface area contributed by atoms with Gasteiger partial charge in [-0.1, -0.05) is 59.6 Å². The van der Waals surface area contributed by atoms with E-state index >= 15 is 0 Å². The van der Waals surface area contributed by atoms with Crippen LogP contribution in [0.1, 0.15) is 31.2 Å². The van der Waals surface area contributed by atoms with Crippen LogP contribution in [0.4, 0.5) is 5.69 Å². The van der Waals surface area contributed by atoms with Crippen molar-refractivity contribution in [3.05, 3.63) is 116 Å². The van der Waals surface area contributed by atoms with Crippen LogP contribution in [0.3, 0.4) is 0 Å². The number of carbonyl (C=O) groups excluding carboxylic acids is 2. The first-order valence-corrected chi connectivity index (χ1v) is 12.1. The first kappa shape index (κ1) is 24.5. The maximum Gasteiger partial charge on any atom is 0.273 e. The smallest absolute Gasteiger partial charge is 0.273 e. The largest absolute Gasteiger partial charge is 0.489 e. The van der Waals surface area contributed by atoms with Gasteiger partial charge in [-0.05, 0) is 59.0 Å². The monoisotopic (exact) mass is 523 g/mol. The maximum absolute atomic E-state index is 12.7. The number of thiophene rings is 1. The molecule has 2 amide bonds. The number of amides is 2. The Morgan fingerprint density at radius 2 is 1.77 bits per heavy atom. The van der Waals surface area contributed by atoms with Crippen molar-refractivity contribution in [1.29, 1.82) is 0 Å². The third kappa shape index (κ3) is 6.70. The number of hydrogen-bond acceptors (Lipinski definition) is 5. The molecule has 0 radical (unpaired) electrons. The summed E-state index contributed by atoms with van der Waals surface area (Å²) >= 11 is 13.3. The van der Waals surface area contributed by atoms with Crippen LogP contribution in [0.15, 0.2) is 89.3 Å². The number of benzene rings is 3. The van der Waals surface area contributed by atoms with E-state index in [0.717, 1.165) is 11.1 Å². The quantitative estimate of drug-likeness (QED) is 0.200. The summed E-state index contributed by atoms with van der Waals surface area (Å²) in [5.41, 5.74) is 4.81. The predicted molar refractivity (Wildman–Crippen MR) is 141 cm³/mol. The number of halogens is 2. The fraction of sp³-hybridized carbons (Fsp3) is 0.0385. The number of ether oxygens (including phenoxy) is 1. The molecule has 4 aromatic rings. The van der Waals surface area contributed by atoms with E-state index in [4.69, 9.17) is 27.9 Å². The topological polar surface area (TPSA) is 79.8 Å². The average molecular weight is 524 g/mol. The van der Waals surface area contributed by atoms with Gasteiger partial charge in [0.05, 0.1) is 32.4 Å². The van der Waals surface area contributed by atoms with Gasteiger partial charge in [0.15, 0.2) is 0 Å². The zero-order valence-electron chi connectivity index (χ0n) is 18.2. The molecule has 0 aliphatic heterocycles. The minimum atomic E-state index is -0.449. The number of nitrogens with zero attached hydrogens (tertiary/aromatic N) is 1. The lowest BCUT2D eigenvalue weighted by molar-refractivity contribution is 0.0956. The van der Waals surface area contributed by atoms with Gasteiger partial charge in [0.1, 0.15) is 12.4 Å². The highest BCUT2D eigenvalue weighted by atomic mass is 35.5. The summed E-state index contributed by atoms with van der Waals surface area (Å²) < 4.78 is 5.82. The van der Waals surface area contributed by atoms with Gasteiger partial charge in [0, 0.05) is 0 Å². The van der Waals surface area contributed by atoms with Crippen LogP contribution in [0.2, 0.25) is 10.0 Å². The zero-order valence-corrected chi connectivity index (χ0v) is 20.5. The Morgan fingerprint density at radius 1 is 0.914 bits per heavy atom. The van der Waals surface area contributed by atoms with E-state index in [0.29, 0.717) is 38.5 Å². The molecule has 0 unspecified atom stereocenters. The van der Waals surface area contributed by atoms with Gasteiger partial charge in [-0.2, -0.15) is 5.10 Å². The first-order chi connectivity index (χ1) is 17.0. The van der Waals surface area contributed by atoms with Crippen molar-refractivity contribution in [2.24, 2.45) is 5.10 Å². The van der Waals surface area contributed by atoms with Crippen LogP contribution >= 0.6 is 34.5 Å². The third-order valence-corrected chi connectivity index (χ3v) is 6.40. The van der Waals surface area contributed by atoms with Crippen molar-refractivity contribution in [3.8, 4) is 5.75 Å². The van der Waals surface area contributed by atoms with Gasteiger partial charge in [-0.3, -0.25) is 9.59 Å². The van der Waals surface area contributed by atoms with Crippen molar-refractivity contribution in [2.45, 2.75) is 6.61 Å². The highest BCUT2D eigenvalue weighted by Gasteiger charge is 2.14. The van der Waals surface area contributed by atoms with Gasteiger partial charge < -0.3 is 10.1 Å². The first-order valence-electron chi connectivity index (χ1n) is 10.4. The minimum Gasteiger partial charge on any atom is -0.489 e. The van der Waals surface area contributed by atoms with Crippen LogP contribution in [-0.2, 0) is 6.61 Å². The summed E-state index contributed by atoms with van der Waals surface area (Å²) in [4.78, 5) is 25.6. The van der Waals surface area contributed by atoms with Crippen LogP contribution in [0, 0.1) is 0 Å². The number of hydrogen-bond donors (Lipinski definition) is 2. The predicted octanol–water partition coefficient (Wildman–Crippen LogP) is 6.65. The Bertz CT molecular complexity index is 1370. The maximum atomic E-state index is 12.7. The second-order valence-corrected chi connectivity index (χ2v) is 9.05. The molecule has 6 nitrogen and oxygen atoms in total. The van der Waals surface area contributed by atoms with E-state index in [2.05, 4.69) is 15.8 Å². The molecular weight excluding hydrogens is 505 g/mol. The highest BCUT2D eigenvalue weighted by molar-refractivity contribution is 7.12. The SMILES string of the molecule is O=C(Nc1ccccc1C(=O)N/N=C\c1cccc(OCc2ccc(Cl)c(Cl)c2)c1)c1cccs1. The Labute approximate surface area is 216 Å². The molecule has 35 heavy (non-hydrogen) atoms. The standard InChI is InChI=1S/C26H19Cl2N3O3S/c27-21-11-10-18(14-22(21)28)16-34-19-6-3-5-17(13-19)15-29-31-25(32)20-7-1-2-8-23(20)30-26(33)24-9-4-12-35-24/h1-15H,16H2,(H,30,33)(H,31,32)/b29-15-. The van der Waals surface area contributed by atoms with Crippen LogP contribution in [0.25, 0.3) is 0 Å². The second-order valence-electron chi connectivity index (χ2n) is 7.29. The van der Waals surface area contributed by atoms with Gasteiger partial charge in [0.25, 0.3) is 11.8 Å². The number of para-hydroxylation sites is 1. The van der Waals surface area contributed by atoms with Gasteiger partial charge >= 0.3 is 0 Å². The van der Waals surface area contributed by atoms with E-state index in [9.17, 15) is 9.59 Å². The van der Waals surface area contributed by atoms with E-state index in [1.165, 1.54) is 17.6 Å². The summed E-state index contributed by atoms with van der Waals surface area (Å²) in [7, 11) is 0. The molecule has 0 fully saturated rings. The molecule has 0 atom stereocenters. The van der Waals surface area contributed by atoms with Crippen molar-refractivity contribution in [1.82, 2.24) is 5.43 Å². The molecule has 3 aromatic carbocycles. The molecule has 0 bridgehead atoms. The number of nitrogens with one attached hydrogen (secondary N) is 2. The number of anilines is 1. The summed E-state index contributed by atoms with van der Waals surface area (Å²) in [6.45, 7) is 0.322. The molecule has 1 aromatic heterocycles. The Kier molecular flexibility index (Phi) is 8.15. The highest BCUT2D eigenvalue weighted by Crippen LogP contribution is 2.24. The Hall–Kier alpha value is -3.65. The van der Waals surface area contributed by atoms with Crippen molar-refractivity contribution in [3.63, 3.8) is 0 Å². The number of carbonyl (C=O) groups is 2. The van der Waals surface area contributed by atoms with Crippen LogP contribution in [0.5, 0.6) is 5.75 Å². The number of rotatable bonds is 8. The number of hydrazone groups is 1. The second kappa shape index (κ2) is 11.7. The molecule has 0 saturated carbocycles. The van der Waals surface area contributed by atoms with E-state index in [1.807, 2.05) is 29.6 Å². The van der Waals surface area contributed by atoms with E-state index in [1.54, 1.807) is 54.6 Å². The van der Waals surface area contributed by atoms with Crippen LogP contribution in [-0.4, -0.2) is 18.0 Å². The van der Waals surface area contributed by atoms with Crippen molar-refractivity contribution >= 4 is 58.3 Å². The molecule has 0 saturated heterocycles. The summed E-state index contributed by atoms with van der Waals surface area (Å²) in [5.74, 6) is -0.0928. The van der Waals surface area contributed by atoms with Crippen molar-refractivity contribution in [2.75, 3.05) is 5.32 Å². The molecular formula is C26H19Cl2N3O3S. The molecule has 0 aliphatic rings. The van der Waals surface area contributed by atoms with Crippen LogP contribution < -0.4 is 15.5 Å². The lowest BCUT2D eigenvalue weighted by Crippen LogP contribution is -2.21. The zero-order chi connectivity index (χ0) is 24.6. The molecule has 0 spiro atoms. The fourth-order valence-electron chi connectivity index (χ4n) is 3.09. The van der Waals surface area contributed by atoms with Gasteiger partial charge in [-0.25, -0.2) is 5.43 Å². The third-order valence-electron chi connectivity index (χ3n) is 4.79. The Morgan fingerprint density at radius 3 is 2.57 bits per heavy atom. The molecule has 9 heteroatoms. The average Bonchev–Trinajstić information content (AvgIpc) is 3.41. The van der Waals surface area contributed by atoms with E-state index in [-0.39, 0.29) is 5.91 Å². The fourth-order valence-corrected chi connectivity index (χ4v) is 4.03. The normalized spacial score (nSPS) is 10.8. The lowest BCUT2D eigenvalue weighted by Gasteiger charge is -2.09. The molecule has 176 valence electrons. The molecule has 4 rings (SSSR count). The molecule has 2 N–H and O–H groups in total. The lowest BCUT2D eigenvalue weighted by atomic mass is 10.1. The molecule has 1 heterocycles. The molecule has 0 aliphatic carbocycles. The van der Waals surface area contributed by atoms with E-state index < -0.39 is 5.91 Å². The van der Waals surface area contributed by atoms with Gasteiger partial charge in [0.2, 0.25) is 0 Å². The summed E-state index contributed by atoms with van der Waals surface area (Å²) in [6.07, 6.45) is 1.51. The summed E-state index contributed by atoms with van der Waals surface area (Å²) in [5, 5.41) is 9.59. The van der Waals surface area contributed by atoms with Crippen molar-refractivity contribution < 1.29 is 14.3 Å². The summed E-state index contributed by atoms with van der Waals surface area (Å²) in [6, 6.07) is 22.8. The van der Waals surface area contributed by atoms with Gasteiger partial charge in [-0.15, -0.1) is 11.3 Å².